The van der Waals surface area contributed by atoms with E-state index in [1.54, 1.807) is 0 Å². The molecule has 0 bridgehead atoms. The molecule has 8 heteroatoms. The van der Waals surface area contributed by atoms with Crippen molar-refractivity contribution in [1.82, 2.24) is 4.98 Å². The van der Waals surface area contributed by atoms with E-state index in [1.807, 2.05) is 0 Å². The summed E-state index contributed by atoms with van der Waals surface area (Å²) in [6, 6.07) is 0.785. The molecule has 0 radical (unpaired) electrons. The highest BCUT2D eigenvalue weighted by Gasteiger charge is 2.32. The van der Waals surface area contributed by atoms with Gasteiger partial charge >= 0.3 is 6.36 Å². The molecular weight excluding hydrogens is 338 g/mol. The summed E-state index contributed by atoms with van der Waals surface area (Å²) in [5.41, 5.74) is 0. The molecule has 1 aromatic rings. The SMILES string of the molecule is Fc1c(Br)cc(OC(F)(F)F)nc1Br. The Balaban J connectivity index is 3.02. The lowest BCUT2D eigenvalue weighted by atomic mass is 10.5. The van der Waals surface area contributed by atoms with Gasteiger partial charge in [0.2, 0.25) is 5.88 Å². The first-order chi connectivity index (χ1) is 6.29. The molecule has 0 aliphatic carbocycles. The van der Waals surface area contributed by atoms with E-state index < -0.39 is 18.1 Å². The minimum absolute atomic E-state index is 0.168. The number of hydrogen-bond donors (Lipinski definition) is 0. The van der Waals surface area contributed by atoms with E-state index in [-0.39, 0.29) is 9.08 Å². The van der Waals surface area contributed by atoms with Crippen LogP contribution in [0.15, 0.2) is 15.1 Å². The van der Waals surface area contributed by atoms with Crippen LogP contribution in [0.1, 0.15) is 0 Å². The minimum atomic E-state index is -4.84. The first-order valence-electron chi connectivity index (χ1n) is 3.07. The molecule has 0 saturated heterocycles. The molecule has 78 valence electrons. The second kappa shape index (κ2) is 4.01. The quantitative estimate of drug-likeness (QED) is 0.576. The van der Waals surface area contributed by atoms with Crippen molar-refractivity contribution in [2.24, 2.45) is 0 Å². The first kappa shape index (κ1) is 11.7. The second-order valence-electron chi connectivity index (χ2n) is 2.09. The van der Waals surface area contributed by atoms with Gasteiger partial charge in [-0.1, -0.05) is 0 Å². The number of rotatable bonds is 1. The Morgan fingerprint density at radius 3 is 2.29 bits per heavy atom. The smallest absolute Gasteiger partial charge is 0.388 e. The van der Waals surface area contributed by atoms with E-state index >= 15 is 0 Å². The topological polar surface area (TPSA) is 22.1 Å². The summed E-state index contributed by atoms with van der Waals surface area (Å²) in [6.07, 6.45) is -4.84. The zero-order chi connectivity index (χ0) is 10.9. The number of alkyl halides is 3. The molecule has 2 nitrogen and oxygen atoms in total. The fraction of sp³-hybridized carbons (Fsp3) is 0.167. The van der Waals surface area contributed by atoms with Crippen molar-refractivity contribution in [3.63, 3.8) is 0 Å². The summed E-state index contributed by atoms with van der Waals surface area (Å²) in [5.74, 6) is -1.53. The molecule has 0 saturated carbocycles. The fourth-order valence-corrected chi connectivity index (χ4v) is 1.66. The number of aromatic nitrogens is 1. The molecule has 0 fully saturated rings. The van der Waals surface area contributed by atoms with Crippen molar-refractivity contribution in [1.29, 1.82) is 0 Å². The Bertz CT molecular complexity index is 331. The molecule has 0 aromatic carbocycles. The van der Waals surface area contributed by atoms with E-state index in [0.717, 1.165) is 6.07 Å². The van der Waals surface area contributed by atoms with Gasteiger partial charge in [0, 0.05) is 6.07 Å². The molecule has 1 rings (SSSR count). The van der Waals surface area contributed by atoms with Crippen molar-refractivity contribution in [3.05, 3.63) is 21.0 Å². The summed E-state index contributed by atoms with van der Waals surface area (Å²) < 4.78 is 51.0. The number of halogens is 6. The van der Waals surface area contributed by atoms with Crippen molar-refractivity contribution in [2.75, 3.05) is 0 Å². The Hall–Kier alpha value is -0.370. The second-order valence-corrected chi connectivity index (χ2v) is 3.70. The van der Waals surface area contributed by atoms with Crippen LogP contribution in [0.5, 0.6) is 5.88 Å². The van der Waals surface area contributed by atoms with Gasteiger partial charge in [-0.05, 0) is 31.9 Å². The Morgan fingerprint density at radius 2 is 1.86 bits per heavy atom. The zero-order valence-electron chi connectivity index (χ0n) is 6.20. The predicted molar refractivity (Wildman–Crippen MR) is 46.3 cm³/mol. The van der Waals surface area contributed by atoms with Gasteiger partial charge in [0.25, 0.3) is 0 Å². The lowest BCUT2D eigenvalue weighted by Crippen LogP contribution is -2.18. The standard InChI is InChI=1S/C6HBr2F4NO/c7-2-1-3(14-6(10,11)12)13-5(8)4(2)9/h1H. The Labute approximate surface area is 92.5 Å². The molecular formula is C6HBr2F4NO. The highest BCUT2D eigenvalue weighted by atomic mass is 79.9. The molecule has 1 aromatic heterocycles. The maximum Gasteiger partial charge on any atom is 0.574 e. The van der Waals surface area contributed by atoms with Crippen LogP contribution in [0.3, 0.4) is 0 Å². The largest absolute Gasteiger partial charge is 0.574 e. The summed E-state index contributed by atoms with van der Waals surface area (Å²) in [4.78, 5) is 3.19. The molecule has 0 spiro atoms. The van der Waals surface area contributed by atoms with Crippen LogP contribution in [0.2, 0.25) is 0 Å². The molecule has 0 unspecified atom stereocenters. The van der Waals surface area contributed by atoms with Gasteiger partial charge in [0.05, 0.1) is 4.47 Å². The predicted octanol–water partition coefficient (Wildman–Crippen LogP) is 3.64. The van der Waals surface area contributed by atoms with Crippen LogP contribution in [0.4, 0.5) is 17.6 Å². The lowest BCUT2D eigenvalue weighted by Gasteiger charge is -2.08. The van der Waals surface area contributed by atoms with Crippen LogP contribution in [0, 0.1) is 5.82 Å². The Kier molecular flexibility index (Phi) is 3.36. The number of ether oxygens (including phenoxy) is 1. The van der Waals surface area contributed by atoms with E-state index in [1.165, 1.54) is 0 Å². The van der Waals surface area contributed by atoms with Gasteiger partial charge in [-0.3, -0.25) is 0 Å². The van der Waals surface area contributed by atoms with Crippen LogP contribution < -0.4 is 4.74 Å². The van der Waals surface area contributed by atoms with Crippen LogP contribution in [-0.2, 0) is 0 Å². The van der Waals surface area contributed by atoms with E-state index in [0.29, 0.717) is 0 Å². The van der Waals surface area contributed by atoms with Crippen LogP contribution >= 0.6 is 31.9 Å². The van der Waals surface area contributed by atoms with Crippen molar-refractivity contribution < 1.29 is 22.3 Å². The summed E-state index contributed by atoms with van der Waals surface area (Å²) in [5, 5.41) is 0. The van der Waals surface area contributed by atoms with Crippen molar-refractivity contribution in [3.8, 4) is 5.88 Å². The molecule has 0 amide bonds. The maximum absolute atomic E-state index is 12.9. The molecule has 1 heterocycles. The van der Waals surface area contributed by atoms with Crippen molar-refractivity contribution >= 4 is 31.9 Å². The molecule has 0 atom stereocenters. The summed E-state index contributed by atoms with van der Waals surface area (Å²) in [7, 11) is 0. The van der Waals surface area contributed by atoms with Gasteiger partial charge in [-0.15, -0.1) is 13.2 Å². The number of hydrogen-bond acceptors (Lipinski definition) is 2. The molecule has 14 heavy (non-hydrogen) atoms. The van der Waals surface area contributed by atoms with Crippen LogP contribution in [-0.4, -0.2) is 11.3 Å². The molecule has 0 aliphatic heterocycles. The number of pyridine rings is 1. The van der Waals surface area contributed by atoms with E-state index in [4.69, 9.17) is 0 Å². The van der Waals surface area contributed by atoms with Gasteiger partial charge < -0.3 is 4.74 Å². The fourth-order valence-electron chi connectivity index (χ4n) is 0.619. The number of nitrogens with zero attached hydrogens (tertiary/aromatic N) is 1. The van der Waals surface area contributed by atoms with Gasteiger partial charge in [-0.25, -0.2) is 9.37 Å². The minimum Gasteiger partial charge on any atom is -0.388 e. The van der Waals surface area contributed by atoms with Gasteiger partial charge in [0.1, 0.15) is 4.60 Å². The van der Waals surface area contributed by atoms with Crippen molar-refractivity contribution in [2.45, 2.75) is 6.36 Å². The highest BCUT2D eigenvalue weighted by molar-refractivity contribution is 9.11. The third-order valence-electron chi connectivity index (χ3n) is 1.07. The maximum atomic E-state index is 12.9. The average molecular weight is 339 g/mol. The lowest BCUT2D eigenvalue weighted by molar-refractivity contribution is -0.276. The van der Waals surface area contributed by atoms with E-state index in [2.05, 4.69) is 41.6 Å². The zero-order valence-corrected chi connectivity index (χ0v) is 9.37. The normalized spacial score (nSPS) is 11.6. The van der Waals surface area contributed by atoms with Gasteiger partial charge in [-0.2, -0.15) is 0 Å². The van der Waals surface area contributed by atoms with Crippen LogP contribution in [0.25, 0.3) is 0 Å². The first-order valence-corrected chi connectivity index (χ1v) is 4.65. The highest BCUT2D eigenvalue weighted by Crippen LogP contribution is 2.28. The Morgan fingerprint density at radius 1 is 1.29 bits per heavy atom. The third kappa shape index (κ3) is 3.09. The monoisotopic (exact) mass is 337 g/mol. The summed E-state index contributed by atoms with van der Waals surface area (Å²) in [6.45, 7) is 0. The third-order valence-corrected chi connectivity index (χ3v) is 2.17. The van der Waals surface area contributed by atoms with Gasteiger partial charge in [0.15, 0.2) is 5.82 Å². The molecule has 0 N–H and O–H groups in total. The van der Waals surface area contributed by atoms with E-state index in [9.17, 15) is 17.6 Å². The average Bonchev–Trinajstić information content (AvgIpc) is 1.96. The molecule has 0 aliphatic rings. The summed E-state index contributed by atoms with van der Waals surface area (Å²) >= 11 is 5.35.